The third kappa shape index (κ3) is 4.42. The number of nitrogens with zero attached hydrogens (tertiary/aromatic N) is 6. The molecule has 1 aliphatic rings. The maximum absolute atomic E-state index is 12.9. The van der Waals surface area contributed by atoms with Crippen LogP contribution in [0.5, 0.6) is 0 Å². The van der Waals surface area contributed by atoms with Gasteiger partial charge in [0, 0.05) is 7.05 Å². The van der Waals surface area contributed by atoms with Crippen LogP contribution in [0.2, 0.25) is 5.02 Å². The molecule has 3 aromatic rings. The van der Waals surface area contributed by atoms with Gasteiger partial charge in [0.15, 0.2) is 5.69 Å². The molecular formula is C23H29ClN6O2. The number of carbonyl (C=O) groups is 1. The molecule has 2 aromatic heterocycles. The van der Waals surface area contributed by atoms with Crippen LogP contribution in [0.3, 0.4) is 0 Å². The number of aromatic nitrogens is 4. The summed E-state index contributed by atoms with van der Waals surface area (Å²) in [5, 5.41) is 8.98. The molecule has 8 nitrogen and oxygen atoms in total. The van der Waals surface area contributed by atoms with Crippen molar-refractivity contribution < 1.29 is 9.21 Å². The van der Waals surface area contributed by atoms with Crippen LogP contribution in [0.15, 0.2) is 28.9 Å². The predicted molar refractivity (Wildman–Crippen MR) is 123 cm³/mol. The molecule has 1 amide bonds. The lowest BCUT2D eigenvalue weighted by atomic mass is 10.1. The summed E-state index contributed by atoms with van der Waals surface area (Å²) in [6.45, 7) is 7.40. The smallest absolute Gasteiger partial charge is 0.268 e. The van der Waals surface area contributed by atoms with Crippen LogP contribution in [-0.4, -0.2) is 55.6 Å². The first kappa shape index (κ1) is 22.5. The maximum atomic E-state index is 12.9. The topological polar surface area (TPSA) is 80.3 Å². The van der Waals surface area contributed by atoms with E-state index >= 15 is 0 Å². The normalized spacial score (nSPS) is 13.4. The average Bonchev–Trinajstić information content (AvgIpc) is 3.39. The first-order valence-electron chi connectivity index (χ1n) is 11.2. The average molecular weight is 457 g/mol. The number of benzene rings is 1. The monoisotopic (exact) mass is 456 g/mol. The Kier molecular flexibility index (Phi) is 6.91. The molecule has 1 aromatic carbocycles. The Morgan fingerprint density at radius 1 is 1.16 bits per heavy atom. The van der Waals surface area contributed by atoms with E-state index in [4.69, 9.17) is 16.0 Å². The lowest BCUT2D eigenvalue weighted by molar-refractivity contribution is 0.0788. The van der Waals surface area contributed by atoms with E-state index < -0.39 is 0 Å². The molecule has 0 fully saturated rings. The summed E-state index contributed by atoms with van der Waals surface area (Å²) in [6.07, 6.45) is 6.26. The molecule has 0 saturated heterocycles. The molecule has 0 atom stereocenters. The molecule has 0 saturated carbocycles. The van der Waals surface area contributed by atoms with Crippen molar-refractivity contribution in [3.05, 3.63) is 46.7 Å². The van der Waals surface area contributed by atoms with E-state index in [-0.39, 0.29) is 5.91 Å². The second kappa shape index (κ2) is 9.83. The molecule has 170 valence electrons. The molecule has 0 bridgehead atoms. The SMILES string of the molecule is CCCCN(CCCC)Cc1nnc(-c2ncn3c2CN(C)C(=O)c2c(Cl)cccc2-3)o1. The van der Waals surface area contributed by atoms with Crippen LogP contribution in [0.1, 0.15) is 61.5 Å². The number of halogens is 1. The molecule has 0 unspecified atom stereocenters. The highest BCUT2D eigenvalue weighted by atomic mass is 35.5. The van der Waals surface area contributed by atoms with Crippen LogP contribution in [-0.2, 0) is 13.1 Å². The van der Waals surface area contributed by atoms with Crippen molar-refractivity contribution in [3.63, 3.8) is 0 Å². The minimum Gasteiger partial charge on any atom is -0.418 e. The van der Waals surface area contributed by atoms with Crippen molar-refractivity contribution in [1.82, 2.24) is 29.5 Å². The molecule has 0 aliphatic carbocycles. The second-order valence-electron chi connectivity index (χ2n) is 8.19. The van der Waals surface area contributed by atoms with Crippen molar-refractivity contribution in [2.75, 3.05) is 20.1 Å². The molecule has 3 heterocycles. The Morgan fingerprint density at radius 3 is 2.62 bits per heavy atom. The van der Waals surface area contributed by atoms with Crippen molar-refractivity contribution in [1.29, 1.82) is 0 Å². The van der Waals surface area contributed by atoms with E-state index in [2.05, 4.69) is 33.9 Å². The van der Waals surface area contributed by atoms with Crippen LogP contribution in [0.4, 0.5) is 0 Å². The fourth-order valence-corrected chi connectivity index (χ4v) is 4.21. The lowest BCUT2D eigenvalue weighted by Gasteiger charge is -2.19. The van der Waals surface area contributed by atoms with Crippen LogP contribution >= 0.6 is 11.6 Å². The first-order chi connectivity index (χ1) is 15.5. The number of hydrogen-bond acceptors (Lipinski definition) is 6. The molecule has 0 radical (unpaired) electrons. The van der Waals surface area contributed by atoms with Gasteiger partial charge in [-0.05, 0) is 38.1 Å². The van der Waals surface area contributed by atoms with Gasteiger partial charge in [-0.25, -0.2) is 4.98 Å². The van der Waals surface area contributed by atoms with Crippen molar-refractivity contribution in [3.8, 4) is 17.3 Å². The van der Waals surface area contributed by atoms with Crippen LogP contribution in [0, 0.1) is 0 Å². The first-order valence-corrected chi connectivity index (χ1v) is 11.6. The quantitative estimate of drug-likeness (QED) is 0.469. The number of fused-ring (bicyclic) bond motifs is 3. The Labute approximate surface area is 193 Å². The highest BCUT2D eigenvalue weighted by Crippen LogP contribution is 2.33. The number of amides is 1. The summed E-state index contributed by atoms with van der Waals surface area (Å²) in [7, 11) is 1.75. The second-order valence-corrected chi connectivity index (χ2v) is 8.60. The fourth-order valence-electron chi connectivity index (χ4n) is 3.96. The lowest BCUT2D eigenvalue weighted by Crippen LogP contribution is -2.25. The Hall–Kier alpha value is -2.71. The zero-order valence-electron chi connectivity index (χ0n) is 18.8. The Bertz CT molecular complexity index is 1080. The summed E-state index contributed by atoms with van der Waals surface area (Å²) in [4.78, 5) is 21.5. The van der Waals surface area contributed by atoms with Gasteiger partial charge in [0.25, 0.3) is 11.8 Å². The van der Waals surface area contributed by atoms with Gasteiger partial charge in [0.1, 0.15) is 6.33 Å². The summed E-state index contributed by atoms with van der Waals surface area (Å²) >= 11 is 6.36. The van der Waals surface area contributed by atoms with Crippen LogP contribution in [0.25, 0.3) is 17.3 Å². The summed E-state index contributed by atoms with van der Waals surface area (Å²) in [5.74, 6) is 0.815. The number of carbonyl (C=O) groups excluding carboxylic acids is 1. The van der Waals surface area contributed by atoms with Gasteiger partial charge in [0.2, 0.25) is 5.89 Å². The minimum absolute atomic E-state index is 0.131. The molecule has 0 spiro atoms. The molecular weight excluding hydrogens is 428 g/mol. The number of hydrogen-bond donors (Lipinski definition) is 0. The number of imidazole rings is 1. The predicted octanol–water partition coefficient (Wildman–Crippen LogP) is 4.56. The van der Waals surface area contributed by atoms with Gasteiger partial charge >= 0.3 is 0 Å². The third-order valence-corrected chi connectivity index (χ3v) is 6.06. The van der Waals surface area contributed by atoms with E-state index in [1.807, 2.05) is 16.7 Å². The Balaban J connectivity index is 1.64. The minimum atomic E-state index is -0.131. The largest absolute Gasteiger partial charge is 0.418 e. The van der Waals surface area contributed by atoms with Gasteiger partial charge < -0.3 is 9.32 Å². The van der Waals surface area contributed by atoms with Gasteiger partial charge in [0.05, 0.1) is 35.1 Å². The summed E-state index contributed by atoms with van der Waals surface area (Å²) < 4.78 is 7.92. The molecule has 32 heavy (non-hydrogen) atoms. The van der Waals surface area contributed by atoms with E-state index in [0.29, 0.717) is 46.8 Å². The van der Waals surface area contributed by atoms with E-state index in [1.165, 1.54) is 0 Å². The maximum Gasteiger partial charge on any atom is 0.268 e. The van der Waals surface area contributed by atoms with Crippen molar-refractivity contribution >= 4 is 17.5 Å². The van der Waals surface area contributed by atoms with Crippen molar-refractivity contribution in [2.45, 2.75) is 52.6 Å². The fraction of sp³-hybridized carbons (Fsp3) is 0.478. The number of rotatable bonds is 9. The zero-order chi connectivity index (χ0) is 22.7. The standard InChI is InChI=1S/C23H29ClN6O2/c1-4-6-11-29(12-7-5-2)14-19-26-27-22(32-19)21-18-13-28(3)23(31)20-16(24)9-8-10-17(20)30(18)15-25-21/h8-10,15H,4-7,11-14H2,1-3H3. The highest BCUT2D eigenvalue weighted by Gasteiger charge is 2.30. The van der Waals surface area contributed by atoms with E-state index in [9.17, 15) is 4.79 Å². The van der Waals surface area contributed by atoms with E-state index in [0.717, 1.165) is 44.5 Å². The molecule has 9 heteroatoms. The zero-order valence-corrected chi connectivity index (χ0v) is 19.6. The van der Waals surface area contributed by atoms with E-state index in [1.54, 1.807) is 24.3 Å². The highest BCUT2D eigenvalue weighted by molar-refractivity contribution is 6.34. The van der Waals surface area contributed by atoms with Crippen LogP contribution < -0.4 is 0 Å². The van der Waals surface area contributed by atoms with Gasteiger partial charge in [-0.3, -0.25) is 14.3 Å². The summed E-state index contributed by atoms with van der Waals surface area (Å²) in [5.41, 5.74) is 2.56. The van der Waals surface area contributed by atoms with Gasteiger partial charge in [-0.1, -0.05) is 44.4 Å². The molecule has 4 rings (SSSR count). The molecule has 0 N–H and O–H groups in total. The van der Waals surface area contributed by atoms with Gasteiger partial charge in [-0.2, -0.15) is 0 Å². The number of unbranched alkanes of at least 4 members (excludes halogenated alkanes) is 2. The Morgan fingerprint density at radius 2 is 1.91 bits per heavy atom. The third-order valence-electron chi connectivity index (χ3n) is 5.75. The van der Waals surface area contributed by atoms with Gasteiger partial charge in [-0.15, -0.1) is 10.2 Å². The molecule has 1 aliphatic heterocycles. The summed E-state index contributed by atoms with van der Waals surface area (Å²) in [6, 6.07) is 5.42. The van der Waals surface area contributed by atoms with Crippen molar-refractivity contribution in [2.24, 2.45) is 0 Å².